The lowest BCUT2D eigenvalue weighted by Gasteiger charge is -2.29. The molecule has 5 heteroatoms. The number of nitrogens with zero attached hydrogens (tertiary/aromatic N) is 3. The summed E-state index contributed by atoms with van der Waals surface area (Å²) in [7, 11) is 2.00. The predicted octanol–water partition coefficient (Wildman–Crippen LogP) is 2.07. The first-order valence-electron chi connectivity index (χ1n) is 6.95. The third-order valence-electron chi connectivity index (χ3n) is 3.81. The van der Waals surface area contributed by atoms with Crippen LogP contribution in [-0.4, -0.2) is 36.0 Å². The van der Waals surface area contributed by atoms with Gasteiger partial charge in [0, 0.05) is 44.7 Å². The number of piperazine rings is 1. The Bertz CT molecular complexity index is 587. The van der Waals surface area contributed by atoms with Crippen LogP contribution >= 0.6 is 11.6 Å². The summed E-state index contributed by atoms with van der Waals surface area (Å²) in [5.41, 5.74) is 3.60. The molecule has 2 aromatic rings. The van der Waals surface area contributed by atoms with Crippen molar-refractivity contribution < 1.29 is 0 Å². The number of anilines is 1. The predicted molar refractivity (Wildman–Crippen MR) is 82.5 cm³/mol. The molecule has 1 N–H and O–H groups in total. The number of hydrogen-bond donors (Lipinski definition) is 1. The molecule has 0 saturated carbocycles. The molecule has 0 spiro atoms. The summed E-state index contributed by atoms with van der Waals surface area (Å²) < 4.78 is 1.96. The third kappa shape index (κ3) is 2.67. The zero-order valence-corrected chi connectivity index (χ0v) is 12.4. The molecule has 4 nitrogen and oxygen atoms in total. The second-order valence-corrected chi connectivity index (χ2v) is 5.51. The largest absolute Gasteiger partial charge is 0.366 e. The van der Waals surface area contributed by atoms with Crippen molar-refractivity contribution in [1.29, 1.82) is 0 Å². The quantitative estimate of drug-likeness (QED) is 0.939. The highest BCUT2D eigenvalue weighted by Crippen LogP contribution is 2.26. The zero-order valence-electron chi connectivity index (χ0n) is 11.6. The van der Waals surface area contributed by atoms with E-state index in [1.807, 2.05) is 36.1 Å². The summed E-state index contributed by atoms with van der Waals surface area (Å²) in [6.45, 7) is 4.11. The minimum Gasteiger partial charge on any atom is -0.366 e. The van der Waals surface area contributed by atoms with Crippen molar-refractivity contribution in [3.8, 4) is 0 Å². The average molecular weight is 291 g/mol. The fraction of sp³-hybridized carbons (Fsp3) is 0.400. The van der Waals surface area contributed by atoms with Gasteiger partial charge in [0.05, 0.1) is 17.6 Å². The van der Waals surface area contributed by atoms with Crippen LogP contribution in [0.25, 0.3) is 0 Å². The Morgan fingerprint density at radius 2 is 2.00 bits per heavy atom. The molecule has 0 bridgehead atoms. The Kier molecular flexibility index (Phi) is 3.94. The van der Waals surface area contributed by atoms with Crippen molar-refractivity contribution in [2.24, 2.45) is 7.05 Å². The summed E-state index contributed by atoms with van der Waals surface area (Å²) in [4.78, 5) is 2.40. The monoisotopic (exact) mass is 290 g/mol. The van der Waals surface area contributed by atoms with Crippen LogP contribution < -0.4 is 10.2 Å². The van der Waals surface area contributed by atoms with E-state index in [9.17, 15) is 0 Å². The van der Waals surface area contributed by atoms with Crippen molar-refractivity contribution in [3.63, 3.8) is 0 Å². The highest BCUT2D eigenvalue weighted by molar-refractivity contribution is 6.31. The second kappa shape index (κ2) is 5.85. The third-order valence-corrected chi connectivity index (χ3v) is 4.18. The van der Waals surface area contributed by atoms with Crippen molar-refractivity contribution in [1.82, 2.24) is 15.1 Å². The molecule has 0 aliphatic carbocycles. The van der Waals surface area contributed by atoms with Crippen LogP contribution in [0.2, 0.25) is 5.02 Å². The first-order chi connectivity index (χ1) is 9.75. The van der Waals surface area contributed by atoms with E-state index in [2.05, 4.69) is 21.4 Å². The van der Waals surface area contributed by atoms with E-state index in [1.165, 1.54) is 11.4 Å². The molecule has 1 aliphatic heterocycles. The molecule has 2 heterocycles. The number of aromatic nitrogens is 2. The van der Waals surface area contributed by atoms with Crippen LogP contribution in [0.1, 0.15) is 11.3 Å². The lowest BCUT2D eigenvalue weighted by Crippen LogP contribution is -2.43. The number of rotatable bonds is 3. The maximum Gasteiger partial charge on any atom is 0.0789 e. The lowest BCUT2D eigenvalue weighted by molar-refractivity contribution is 0.587. The average Bonchev–Trinajstić information content (AvgIpc) is 2.84. The van der Waals surface area contributed by atoms with E-state index in [4.69, 9.17) is 11.6 Å². The Balaban J connectivity index is 1.89. The van der Waals surface area contributed by atoms with Gasteiger partial charge >= 0.3 is 0 Å². The number of benzene rings is 1. The van der Waals surface area contributed by atoms with Gasteiger partial charge in [0.1, 0.15) is 0 Å². The minimum atomic E-state index is 0.815. The van der Waals surface area contributed by atoms with Crippen molar-refractivity contribution in [3.05, 3.63) is 46.7 Å². The zero-order chi connectivity index (χ0) is 13.9. The molecule has 3 rings (SSSR count). The van der Waals surface area contributed by atoms with Crippen LogP contribution in [-0.2, 0) is 13.5 Å². The summed E-state index contributed by atoms with van der Waals surface area (Å²) >= 11 is 6.28. The first-order valence-corrected chi connectivity index (χ1v) is 7.33. The van der Waals surface area contributed by atoms with Crippen LogP contribution in [0.5, 0.6) is 0 Å². The summed E-state index contributed by atoms with van der Waals surface area (Å²) in [5, 5.41) is 8.63. The molecule has 20 heavy (non-hydrogen) atoms. The Hall–Kier alpha value is -1.52. The Morgan fingerprint density at radius 3 is 2.75 bits per heavy atom. The highest BCUT2D eigenvalue weighted by Gasteiger charge is 2.18. The van der Waals surface area contributed by atoms with E-state index < -0.39 is 0 Å². The molecule has 1 fully saturated rings. The SMILES string of the molecule is Cn1ncc(N2CCNCC2)c1Cc1ccccc1Cl. The van der Waals surface area contributed by atoms with Gasteiger partial charge in [0.2, 0.25) is 0 Å². The van der Waals surface area contributed by atoms with Gasteiger partial charge in [-0.1, -0.05) is 29.8 Å². The van der Waals surface area contributed by atoms with Gasteiger partial charge in [-0.15, -0.1) is 0 Å². The minimum absolute atomic E-state index is 0.815. The summed E-state index contributed by atoms with van der Waals surface area (Å²) in [6.07, 6.45) is 2.78. The number of hydrogen-bond acceptors (Lipinski definition) is 3. The van der Waals surface area contributed by atoms with Crippen LogP contribution in [0.4, 0.5) is 5.69 Å². The normalized spacial score (nSPS) is 15.6. The maximum atomic E-state index is 6.28. The van der Waals surface area contributed by atoms with Crippen molar-refractivity contribution in [2.45, 2.75) is 6.42 Å². The Morgan fingerprint density at radius 1 is 1.25 bits per heavy atom. The second-order valence-electron chi connectivity index (χ2n) is 5.11. The van der Waals surface area contributed by atoms with Gasteiger partial charge in [0.25, 0.3) is 0 Å². The van der Waals surface area contributed by atoms with Crippen molar-refractivity contribution >= 4 is 17.3 Å². The molecule has 1 aromatic carbocycles. The summed E-state index contributed by atoms with van der Waals surface area (Å²) in [6, 6.07) is 8.02. The van der Waals surface area contributed by atoms with E-state index in [1.54, 1.807) is 0 Å². The molecule has 0 unspecified atom stereocenters. The first kappa shape index (κ1) is 13.5. The molecule has 0 atom stereocenters. The van der Waals surface area contributed by atoms with Crippen LogP contribution in [0.3, 0.4) is 0 Å². The van der Waals surface area contributed by atoms with Gasteiger partial charge in [-0.05, 0) is 11.6 Å². The van der Waals surface area contributed by atoms with Gasteiger partial charge < -0.3 is 10.2 Å². The number of nitrogens with one attached hydrogen (secondary N) is 1. The fourth-order valence-corrected chi connectivity index (χ4v) is 2.85. The summed E-state index contributed by atoms with van der Waals surface area (Å²) in [5.74, 6) is 0. The molecule has 1 saturated heterocycles. The van der Waals surface area contributed by atoms with E-state index >= 15 is 0 Å². The van der Waals surface area contributed by atoms with E-state index in [-0.39, 0.29) is 0 Å². The van der Waals surface area contributed by atoms with Gasteiger partial charge in [0.15, 0.2) is 0 Å². The Labute approximate surface area is 124 Å². The molecule has 0 amide bonds. The molecule has 0 radical (unpaired) electrons. The topological polar surface area (TPSA) is 33.1 Å². The van der Waals surface area contributed by atoms with E-state index in [0.717, 1.165) is 43.2 Å². The molecular formula is C15H19ClN4. The standard InChI is InChI=1S/C15H19ClN4/c1-19-14(10-12-4-2-3-5-13(12)16)15(11-18-19)20-8-6-17-7-9-20/h2-5,11,17H,6-10H2,1H3. The van der Waals surface area contributed by atoms with Gasteiger partial charge in [-0.3, -0.25) is 4.68 Å². The molecule has 1 aliphatic rings. The van der Waals surface area contributed by atoms with Crippen LogP contribution in [0.15, 0.2) is 30.5 Å². The highest BCUT2D eigenvalue weighted by atomic mass is 35.5. The smallest absolute Gasteiger partial charge is 0.0789 e. The van der Waals surface area contributed by atoms with Gasteiger partial charge in [-0.25, -0.2) is 0 Å². The van der Waals surface area contributed by atoms with Gasteiger partial charge in [-0.2, -0.15) is 5.10 Å². The fourth-order valence-electron chi connectivity index (χ4n) is 2.65. The van der Waals surface area contributed by atoms with E-state index in [0.29, 0.717) is 0 Å². The number of halogens is 1. The molecular weight excluding hydrogens is 272 g/mol. The van der Waals surface area contributed by atoms with Crippen molar-refractivity contribution in [2.75, 3.05) is 31.1 Å². The van der Waals surface area contributed by atoms with Crippen LogP contribution in [0, 0.1) is 0 Å². The maximum absolute atomic E-state index is 6.28. The lowest BCUT2D eigenvalue weighted by atomic mass is 10.1. The number of aryl methyl sites for hydroxylation is 1. The molecule has 106 valence electrons. The molecule has 1 aromatic heterocycles.